The Balaban J connectivity index is 1.64. The van der Waals surface area contributed by atoms with Crippen LogP contribution in [0.25, 0.3) is 0 Å². The number of carbonyl (C=O) groups excluding carboxylic acids is 1. The van der Waals surface area contributed by atoms with Crippen molar-refractivity contribution < 1.29 is 19.8 Å². The van der Waals surface area contributed by atoms with Crippen LogP contribution in [0.2, 0.25) is 0 Å². The molecule has 6 nitrogen and oxygen atoms in total. The van der Waals surface area contributed by atoms with E-state index < -0.39 is 6.10 Å². The van der Waals surface area contributed by atoms with Crippen molar-refractivity contribution in [2.24, 2.45) is 51.3 Å². The van der Waals surface area contributed by atoms with Crippen molar-refractivity contribution in [3.05, 3.63) is 0 Å². The highest BCUT2D eigenvalue weighted by Crippen LogP contribution is 2.66. The van der Waals surface area contributed by atoms with Crippen LogP contribution in [0.15, 0.2) is 5.16 Å². The van der Waals surface area contributed by atoms with Gasteiger partial charge >= 0.3 is 0 Å². The molecule has 158 valence electrons. The highest BCUT2D eigenvalue weighted by Gasteiger charge is 2.64. The molecular weight excluding hydrogens is 356 g/mol. The molecule has 0 radical (unpaired) electrons. The molecule has 0 heterocycles. The fraction of sp³-hybridized carbons (Fsp3) is 0.909. The van der Waals surface area contributed by atoms with E-state index >= 15 is 0 Å². The molecule has 4 saturated carbocycles. The fourth-order valence-corrected chi connectivity index (χ4v) is 7.53. The highest BCUT2D eigenvalue weighted by molar-refractivity contribution is 5.87. The molecule has 28 heavy (non-hydrogen) atoms. The summed E-state index contributed by atoms with van der Waals surface area (Å²) in [5, 5.41) is 26.0. The second-order valence-corrected chi connectivity index (χ2v) is 10.1. The van der Waals surface area contributed by atoms with E-state index in [0.717, 1.165) is 44.2 Å². The number of nitrogens with two attached hydrogens (primary N) is 1. The minimum atomic E-state index is -0.548. The van der Waals surface area contributed by atoms with Gasteiger partial charge in [0.1, 0.15) is 12.4 Å². The van der Waals surface area contributed by atoms with Crippen molar-refractivity contribution >= 4 is 11.5 Å². The second-order valence-electron chi connectivity index (χ2n) is 10.1. The SMILES string of the molecule is C[C@]12CC/C(=N/OCCN)CC1[C@@H](CO)[C@@H](O)C1C2CC[C@]2(C)C(=O)CCC12. The minimum absolute atomic E-state index is 0.0149. The predicted octanol–water partition coefficient (Wildman–Crippen LogP) is 2.12. The lowest BCUT2D eigenvalue weighted by Crippen LogP contribution is -2.62. The Morgan fingerprint density at radius 1 is 1.18 bits per heavy atom. The molecule has 4 N–H and O–H groups in total. The molecule has 0 amide bonds. The summed E-state index contributed by atoms with van der Waals surface area (Å²) in [5.41, 5.74) is 6.30. The van der Waals surface area contributed by atoms with Crippen LogP contribution in [0.5, 0.6) is 0 Å². The van der Waals surface area contributed by atoms with Crippen LogP contribution in [0.4, 0.5) is 0 Å². The van der Waals surface area contributed by atoms with Gasteiger partial charge in [-0.15, -0.1) is 0 Å². The molecule has 4 aliphatic rings. The standard InChI is InChI=1S/C22H36N2O4/c1-21-7-5-13(24-28-10-9-23)11-17(21)14(12-25)20(27)19-15-3-4-18(26)22(15,2)8-6-16(19)21/h14-17,19-20,25,27H,3-12,23H2,1-2H3/b24-13-/t14-,15?,16?,17?,19?,20-,21-,22+/m1/s1. The molecule has 4 unspecified atom stereocenters. The summed E-state index contributed by atoms with van der Waals surface area (Å²) in [4.78, 5) is 17.9. The number of ketones is 1. The monoisotopic (exact) mass is 392 g/mol. The van der Waals surface area contributed by atoms with E-state index in [1.807, 2.05) is 0 Å². The summed E-state index contributed by atoms with van der Waals surface area (Å²) in [6.45, 7) is 5.33. The molecule has 0 saturated heterocycles. The maximum Gasteiger partial charge on any atom is 0.139 e. The molecule has 0 spiro atoms. The summed E-state index contributed by atoms with van der Waals surface area (Å²) < 4.78 is 0. The van der Waals surface area contributed by atoms with E-state index in [4.69, 9.17) is 10.6 Å². The van der Waals surface area contributed by atoms with E-state index in [0.29, 0.717) is 31.3 Å². The molecule has 4 rings (SSSR count). The first kappa shape index (κ1) is 20.3. The smallest absolute Gasteiger partial charge is 0.139 e. The van der Waals surface area contributed by atoms with Crippen LogP contribution in [0, 0.1) is 40.4 Å². The number of carbonyl (C=O) groups is 1. The fourth-order valence-electron chi connectivity index (χ4n) is 7.53. The Kier molecular flexibility index (Phi) is 5.34. The first-order valence-corrected chi connectivity index (χ1v) is 11.1. The van der Waals surface area contributed by atoms with Crippen LogP contribution in [0.1, 0.15) is 58.8 Å². The van der Waals surface area contributed by atoms with Crippen LogP contribution in [-0.4, -0.2) is 47.6 Å². The number of nitrogens with zero attached hydrogens (tertiary/aromatic N) is 1. The zero-order valence-corrected chi connectivity index (χ0v) is 17.3. The lowest BCUT2D eigenvalue weighted by atomic mass is 9.42. The zero-order valence-electron chi connectivity index (χ0n) is 17.3. The molecule has 0 aromatic rings. The third kappa shape index (κ3) is 2.86. The van der Waals surface area contributed by atoms with Crippen molar-refractivity contribution in [2.75, 3.05) is 19.8 Å². The summed E-state index contributed by atoms with van der Waals surface area (Å²) in [6, 6.07) is 0. The molecule has 4 fully saturated rings. The number of rotatable bonds is 4. The zero-order chi connectivity index (χ0) is 20.1. The average Bonchev–Trinajstić information content (AvgIpc) is 2.98. The third-order valence-electron chi connectivity index (χ3n) is 9.11. The van der Waals surface area contributed by atoms with Crippen LogP contribution >= 0.6 is 0 Å². The number of aliphatic hydroxyl groups excluding tert-OH is 2. The maximum absolute atomic E-state index is 12.6. The van der Waals surface area contributed by atoms with Crippen LogP contribution in [-0.2, 0) is 9.63 Å². The third-order valence-corrected chi connectivity index (χ3v) is 9.11. The quantitative estimate of drug-likeness (QED) is 0.502. The molecule has 0 aliphatic heterocycles. The molecule has 6 heteroatoms. The summed E-state index contributed by atoms with van der Waals surface area (Å²) >= 11 is 0. The van der Waals surface area contributed by atoms with Gasteiger partial charge in [0.05, 0.1) is 11.8 Å². The Morgan fingerprint density at radius 2 is 1.96 bits per heavy atom. The van der Waals surface area contributed by atoms with Gasteiger partial charge in [0, 0.05) is 30.9 Å². The van der Waals surface area contributed by atoms with Gasteiger partial charge in [0.25, 0.3) is 0 Å². The van der Waals surface area contributed by atoms with Gasteiger partial charge < -0.3 is 20.8 Å². The lowest BCUT2D eigenvalue weighted by molar-refractivity contribution is -0.188. The number of aliphatic hydroxyl groups is 2. The first-order valence-electron chi connectivity index (χ1n) is 11.1. The van der Waals surface area contributed by atoms with E-state index in [2.05, 4.69) is 19.0 Å². The van der Waals surface area contributed by atoms with Crippen LogP contribution in [0.3, 0.4) is 0 Å². The number of Topliss-reactive ketones (excluding diaryl/α,β-unsaturated/α-hetero) is 1. The van der Waals surface area contributed by atoms with Gasteiger partial charge in [-0.2, -0.15) is 0 Å². The van der Waals surface area contributed by atoms with Crippen molar-refractivity contribution in [1.82, 2.24) is 0 Å². The Labute approximate surface area is 167 Å². The van der Waals surface area contributed by atoms with Gasteiger partial charge in [0.15, 0.2) is 0 Å². The molecule has 4 aliphatic carbocycles. The van der Waals surface area contributed by atoms with E-state index in [9.17, 15) is 15.0 Å². The average molecular weight is 393 g/mol. The van der Waals surface area contributed by atoms with Crippen molar-refractivity contribution in [2.45, 2.75) is 64.9 Å². The highest BCUT2D eigenvalue weighted by atomic mass is 16.6. The summed E-state index contributed by atoms with van der Waals surface area (Å²) in [5.74, 6) is 1.20. The van der Waals surface area contributed by atoms with Gasteiger partial charge in [-0.3, -0.25) is 4.79 Å². The topological polar surface area (TPSA) is 105 Å². The van der Waals surface area contributed by atoms with Crippen molar-refractivity contribution in [3.63, 3.8) is 0 Å². The van der Waals surface area contributed by atoms with Gasteiger partial charge in [-0.1, -0.05) is 19.0 Å². The van der Waals surface area contributed by atoms with E-state index in [-0.39, 0.29) is 41.1 Å². The Morgan fingerprint density at radius 3 is 2.68 bits per heavy atom. The number of hydrogen-bond acceptors (Lipinski definition) is 6. The maximum atomic E-state index is 12.6. The molecular formula is C22H36N2O4. The predicted molar refractivity (Wildman–Crippen MR) is 107 cm³/mol. The van der Waals surface area contributed by atoms with Crippen molar-refractivity contribution in [1.29, 1.82) is 0 Å². The van der Waals surface area contributed by atoms with Gasteiger partial charge in [-0.25, -0.2) is 0 Å². The molecule has 0 aromatic heterocycles. The first-order chi connectivity index (χ1) is 13.4. The molecule has 0 bridgehead atoms. The van der Waals surface area contributed by atoms with Gasteiger partial charge in [0.2, 0.25) is 0 Å². The molecule has 8 atom stereocenters. The van der Waals surface area contributed by atoms with E-state index in [1.165, 1.54) is 0 Å². The number of hydrogen-bond donors (Lipinski definition) is 3. The Bertz CT molecular complexity index is 652. The van der Waals surface area contributed by atoms with Crippen LogP contribution < -0.4 is 5.73 Å². The van der Waals surface area contributed by atoms with Crippen molar-refractivity contribution in [3.8, 4) is 0 Å². The normalized spacial score (nSPS) is 49.5. The second kappa shape index (κ2) is 7.37. The Hall–Kier alpha value is -0.980. The largest absolute Gasteiger partial charge is 0.396 e. The lowest BCUT2D eigenvalue weighted by Gasteiger charge is -2.63. The number of oxime groups is 1. The minimum Gasteiger partial charge on any atom is -0.396 e. The van der Waals surface area contributed by atoms with Gasteiger partial charge in [-0.05, 0) is 67.6 Å². The number of fused-ring (bicyclic) bond motifs is 5. The van der Waals surface area contributed by atoms with E-state index in [1.54, 1.807) is 0 Å². The summed E-state index contributed by atoms with van der Waals surface area (Å²) in [7, 11) is 0. The summed E-state index contributed by atoms with van der Waals surface area (Å²) in [6.07, 6.45) is 5.61. The molecule has 0 aromatic carbocycles.